The number of hydrogen-bond acceptors (Lipinski definition) is 2. The normalized spacial score (nSPS) is 24.3. The minimum Gasteiger partial charge on any atom is -0.352 e. The quantitative estimate of drug-likeness (QED) is 0.746. The SMILES string of the molecule is CCCC(C)NC(=O)C1CCCCCN1. The number of carbonyl (C=O) groups excluding carboxylic acids is 1. The van der Waals surface area contributed by atoms with Gasteiger partial charge in [-0.25, -0.2) is 0 Å². The molecule has 1 saturated heterocycles. The first-order chi connectivity index (χ1) is 7.24. The van der Waals surface area contributed by atoms with Gasteiger partial charge in [-0.15, -0.1) is 0 Å². The number of nitrogens with one attached hydrogen (secondary N) is 2. The second-order valence-electron chi connectivity index (χ2n) is 4.55. The molecule has 0 aliphatic carbocycles. The summed E-state index contributed by atoms with van der Waals surface area (Å²) in [5.41, 5.74) is 0. The Kier molecular flexibility index (Phi) is 5.69. The standard InChI is InChI=1S/C12H24N2O/c1-3-7-10(2)14-12(15)11-8-5-4-6-9-13-11/h10-11,13H,3-9H2,1-2H3,(H,14,15). The van der Waals surface area contributed by atoms with Crippen LogP contribution in [0.3, 0.4) is 0 Å². The second-order valence-corrected chi connectivity index (χ2v) is 4.55. The summed E-state index contributed by atoms with van der Waals surface area (Å²) < 4.78 is 0. The number of carbonyl (C=O) groups is 1. The lowest BCUT2D eigenvalue weighted by molar-refractivity contribution is -0.123. The Balaban J connectivity index is 2.30. The van der Waals surface area contributed by atoms with E-state index >= 15 is 0 Å². The number of hydrogen-bond donors (Lipinski definition) is 2. The summed E-state index contributed by atoms with van der Waals surface area (Å²) in [5, 5.41) is 6.39. The maximum absolute atomic E-state index is 11.9. The summed E-state index contributed by atoms with van der Waals surface area (Å²) in [7, 11) is 0. The third-order valence-electron chi connectivity index (χ3n) is 2.99. The van der Waals surface area contributed by atoms with E-state index in [0.29, 0.717) is 6.04 Å². The average Bonchev–Trinajstić information content (AvgIpc) is 2.45. The van der Waals surface area contributed by atoms with Gasteiger partial charge in [-0.1, -0.05) is 26.2 Å². The highest BCUT2D eigenvalue weighted by molar-refractivity contribution is 5.81. The van der Waals surface area contributed by atoms with E-state index in [1.807, 2.05) is 0 Å². The van der Waals surface area contributed by atoms with Crippen molar-refractivity contribution in [1.29, 1.82) is 0 Å². The Morgan fingerprint density at radius 3 is 3.00 bits per heavy atom. The van der Waals surface area contributed by atoms with Crippen molar-refractivity contribution in [3.63, 3.8) is 0 Å². The maximum Gasteiger partial charge on any atom is 0.237 e. The molecule has 1 aliphatic rings. The molecular weight excluding hydrogens is 188 g/mol. The first kappa shape index (κ1) is 12.5. The molecule has 0 aromatic carbocycles. The Bertz CT molecular complexity index is 186. The molecular formula is C12H24N2O. The predicted molar refractivity (Wildman–Crippen MR) is 62.8 cm³/mol. The average molecular weight is 212 g/mol. The highest BCUT2D eigenvalue weighted by Gasteiger charge is 2.20. The van der Waals surface area contributed by atoms with Gasteiger partial charge in [0.25, 0.3) is 0 Å². The van der Waals surface area contributed by atoms with E-state index in [9.17, 15) is 4.79 Å². The second kappa shape index (κ2) is 6.83. The van der Waals surface area contributed by atoms with Gasteiger partial charge >= 0.3 is 0 Å². The molecule has 0 saturated carbocycles. The number of rotatable bonds is 4. The van der Waals surface area contributed by atoms with Gasteiger partial charge in [-0.3, -0.25) is 4.79 Å². The molecule has 3 nitrogen and oxygen atoms in total. The molecule has 2 N–H and O–H groups in total. The first-order valence-corrected chi connectivity index (χ1v) is 6.27. The molecule has 0 radical (unpaired) electrons. The number of amides is 1. The van der Waals surface area contributed by atoms with Crippen molar-refractivity contribution < 1.29 is 4.79 Å². The zero-order valence-corrected chi connectivity index (χ0v) is 10.0. The molecule has 3 heteroatoms. The van der Waals surface area contributed by atoms with Gasteiger partial charge in [0.2, 0.25) is 5.91 Å². The van der Waals surface area contributed by atoms with E-state index < -0.39 is 0 Å². The minimum atomic E-state index is 0.0480. The molecule has 1 fully saturated rings. The van der Waals surface area contributed by atoms with Crippen LogP contribution in [0.5, 0.6) is 0 Å². The van der Waals surface area contributed by atoms with Crippen molar-refractivity contribution in [1.82, 2.24) is 10.6 Å². The Morgan fingerprint density at radius 2 is 2.27 bits per heavy atom. The van der Waals surface area contributed by atoms with Gasteiger partial charge in [-0.05, 0) is 32.7 Å². The van der Waals surface area contributed by atoms with Crippen LogP contribution in [0.25, 0.3) is 0 Å². The predicted octanol–water partition coefficient (Wildman–Crippen LogP) is 1.82. The molecule has 1 aliphatic heterocycles. The fraction of sp³-hybridized carbons (Fsp3) is 0.917. The Morgan fingerprint density at radius 1 is 1.47 bits per heavy atom. The highest BCUT2D eigenvalue weighted by Crippen LogP contribution is 2.08. The van der Waals surface area contributed by atoms with Crippen LogP contribution in [0.15, 0.2) is 0 Å². The fourth-order valence-electron chi connectivity index (χ4n) is 2.10. The molecule has 0 aromatic heterocycles. The molecule has 1 heterocycles. The van der Waals surface area contributed by atoms with Crippen LogP contribution in [0.2, 0.25) is 0 Å². The third kappa shape index (κ3) is 4.65. The van der Waals surface area contributed by atoms with Gasteiger partial charge in [0.05, 0.1) is 6.04 Å². The van der Waals surface area contributed by atoms with Crippen LogP contribution in [-0.2, 0) is 4.79 Å². The molecule has 1 rings (SSSR count). The van der Waals surface area contributed by atoms with Crippen LogP contribution >= 0.6 is 0 Å². The Labute approximate surface area is 93.0 Å². The van der Waals surface area contributed by atoms with E-state index in [1.165, 1.54) is 19.3 Å². The van der Waals surface area contributed by atoms with Gasteiger partial charge < -0.3 is 10.6 Å². The molecule has 88 valence electrons. The molecule has 2 unspecified atom stereocenters. The van der Waals surface area contributed by atoms with E-state index in [-0.39, 0.29) is 11.9 Å². The van der Waals surface area contributed by atoms with Crippen molar-refractivity contribution in [2.24, 2.45) is 0 Å². The van der Waals surface area contributed by atoms with Crippen molar-refractivity contribution in [2.45, 2.75) is 64.5 Å². The van der Waals surface area contributed by atoms with Gasteiger partial charge in [0.1, 0.15) is 0 Å². The van der Waals surface area contributed by atoms with E-state index in [1.54, 1.807) is 0 Å². The summed E-state index contributed by atoms with van der Waals surface area (Å²) in [6.45, 7) is 5.21. The van der Waals surface area contributed by atoms with Crippen LogP contribution in [0, 0.1) is 0 Å². The topological polar surface area (TPSA) is 41.1 Å². The van der Waals surface area contributed by atoms with E-state index in [0.717, 1.165) is 25.8 Å². The lowest BCUT2D eigenvalue weighted by Crippen LogP contribution is -2.46. The monoisotopic (exact) mass is 212 g/mol. The molecule has 0 bridgehead atoms. The smallest absolute Gasteiger partial charge is 0.237 e. The maximum atomic E-state index is 11.9. The van der Waals surface area contributed by atoms with Crippen molar-refractivity contribution in [3.05, 3.63) is 0 Å². The lowest BCUT2D eigenvalue weighted by atomic mass is 10.1. The van der Waals surface area contributed by atoms with Gasteiger partial charge in [-0.2, -0.15) is 0 Å². The van der Waals surface area contributed by atoms with E-state index in [4.69, 9.17) is 0 Å². The summed E-state index contributed by atoms with van der Waals surface area (Å²) >= 11 is 0. The van der Waals surface area contributed by atoms with Crippen molar-refractivity contribution >= 4 is 5.91 Å². The summed E-state index contributed by atoms with van der Waals surface area (Å²) in [6.07, 6.45) is 6.81. The summed E-state index contributed by atoms with van der Waals surface area (Å²) in [6, 6.07) is 0.361. The lowest BCUT2D eigenvalue weighted by Gasteiger charge is -2.19. The zero-order chi connectivity index (χ0) is 11.1. The zero-order valence-electron chi connectivity index (χ0n) is 10.0. The minimum absolute atomic E-state index is 0.0480. The van der Waals surface area contributed by atoms with Crippen LogP contribution in [-0.4, -0.2) is 24.5 Å². The van der Waals surface area contributed by atoms with Gasteiger partial charge in [0, 0.05) is 6.04 Å². The fourth-order valence-corrected chi connectivity index (χ4v) is 2.10. The molecule has 2 atom stereocenters. The Hall–Kier alpha value is -0.570. The van der Waals surface area contributed by atoms with E-state index in [2.05, 4.69) is 24.5 Å². The molecule has 0 spiro atoms. The molecule has 15 heavy (non-hydrogen) atoms. The highest BCUT2D eigenvalue weighted by atomic mass is 16.2. The molecule has 1 amide bonds. The third-order valence-corrected chi connectivity index (χ3v) is 2.99. The van der Waals surface area contributed by atoms with Crippen molar-refractivity contribution in [3.8, 4) is 0 Å². The first-order valence-electron chi connectivity index (χ1n) is 6.27. The van der Waals surface area contributed by atoms with Crippen LogP contribution in [0.1, 0.15) is 52.4 Å². The van der Waals surface area contributed by atoms with Crippen molar-refractivity contribution in [2.75, 3.05) is 6.54 Å². The van der Waals surface area contributed by atoms with Crippen LogP contribution < -0.4 is 10.6 Å². The van der Waals surface area contributed by atoms with Crippen LogP contribution in [0.4, 0.5) is 0 Å². The molecule has 0 aromatic rings. The summed E-state index contributed by atoms with van der Waals surface area (Å²) in [5.74, 6) is 0.192. The largest absolute Gasteiger partial charge is 0.352 e. The van der Waals surface area contributed by atoms with Gasteiger partial charge in [0.15, 0.2) is 0 Å². The summed E-state index contributed by atoms with van der Waals surface area (Å²) in [4.78, 5) is 11.9.